The molecule has 34 heavy (non-hydrogen) atoms. The highest BCUT2D eigenvalue weighted by atomic mass is 35.5. The van der Waals surface area contributed by atoms with Crippen molar-refractivity contribution in [2.45, 2.75) is 12.5 Å². The van der Waals surface area contributed by atoms with Crippen LogP contribution in [0.3, 0.4) is 0 Å². The first kappa shape index (κ1) is 22.2. The summed E-state index contributed by atoms with van der Waals surface area (Å²) in [5.74, 6) is 0.556. The molecule has 2 aliphatic heterocycles. The maximum atomic E-state index is 12.7. The number of nitrogens with zero attached hydrogens (tertiary/aromatic N) is 4. The third kappa shape index (κ3) is 4.82. The zero-order chi connectivity index (χ0) is 23.5. The Balaban J connectivity index is 1.10. The fourth-order valence-electron chi connectivity index (χ4n) is 4.19. The van der Waals surface area contributed by atoms with Crippen molar-refractivity contribution in [3.05, 3.63) is 77.6 Å². The van der Waals surface area contributed by atoms with Crippen molar-refractivity contribution < 1.29 is 14.3 Å². The Labute approximate surface area is 202 Å². The third-order valence-corrected chi connectivity index (χ3v) is 6.48. The van der Waals surface area contributed by atoms with Crippen LogP contribution in [0.5, 0.6) is 5.75 Å². The van der Waals surface area contributed by atoms with E-state index in [9.17, 15) is 9.59 Å². The predicted molar refractivity (Wildman–Crippen MR) is 129 cm³/mol. The molecule has 174 valence electrons. The van der Waals surface area contributed by atoms with E-state index in [4.69, 9.17) is 16.3 Å². The Morgan fingerprint density at radius 2 is 1.79 bits per heavy atom. The second-order valence-corrected chi connectivity index (χ2v) is 8.88. The topological polar surface area (TPSA) is 87.7 Å². The molecular formula is C25H24ClN5O3. The van der Waals surface area contributed by atoms with Crippen molar-refractivity contribution >= 4 is 34.8 Å². The van der Waals surface area contributed by atoms with Crippen molar-refractivity contribution in [2.75, 3.05) is 36.4 Å². The number of benzene rings is 2. The molecular weight excluding hydrogens is 454 g/mol. The van der Waals surface area contributed by atoms with E-state index < -0.39 is 0 Å². The number of hydrogen-bond acceptors (Lipinski definition) is 6. The summed E-state index contributed by atoms with van der Waals surface area (Å²) in [5.41, 5.74) is 2.21. The molecule has 0 saturated carbocycles. The first-order chi connectivity index (χ1) is 16.6. The van der Waals surface area contributed by atoms with Gasteiger partial charge in [-0.2, -0.15) is 10.2 Å². The van der Waals surface area contributed by atoms with Crippen LogP contribution in [0.4, 0.5) is 11.4 Å². The fourth-order valence-corrected chi connectivity index (χ4v) is 4.41. The number of ether oxygens (including phenoxy) is 1. The van der Waals surface area contributed by atoms with Crippen molar-refractivity contribution in [1.82, 2.24) is 15.1 Å². The van der Waals surface area contributed by atoms with Gasteiger partial charge in [0.15, 0.2) is 0 Å². The maximum Gasteiger partial charge on any atom is 0.255 e. The highest BCUT2D eigenvalue weighted by molar-refractivity contribution is 6.33. The average molecular weight is 478 g/mol. The van der Waals surface area contributed by atoms with Gasteiger partial charge in [0.1, 0.15) is 11.9 Å². The summed E-state index contributed by atoms with van der Waals surface area (Å²) >= 11 is 6.17. The normalized spacial score (nSPS) is 17.9. The molecule has 2 saturated heterocycles. The highest BCUT2D eigenvalue weighted by Gasteiger charge is 2.33. The molecule has 0 bridgehead atoms. The number of carbonyl (C=O) groups is 2. The summed E-state index contributed by atoms with van der Waals surface area (Å²) in [4.78, 5) is 29.1. The summed E-state index contributed by atoms with van der Waals surface area (Å²) in [7, 11) is 0. The van der Waals surface area contributed by atoms with Crippen LogP contribution in [0, 0.1) is 5.92 Å². The van der Waals surface area contributed by atoms with Crippen LogP contribution in [0.15, 0.2) is 67.0 Å². The first-order valence-electron chi connectivity index (χ1n) is 11.2. The Morgan fingerprint density at radius 1 is 1.00 bits per heavy atom. The van der Waals surface area contributed by atoms with Crippen molar-refractivity contribution in [2.24, 2.45) is 5.92 Å². The molecule has 0 unspecified atom stereocenters. The van der Waals surface area contributed by atoms with Crippen LogP contribution in [-0.2, 0) is 4.79 Å². The summed E-state index contributed by atoms with van der Waals surface area (Å²) < 4.78 is 6.07. The van der Waals surface area contributed by atoms with Crippen LogP contribution < -0.4 is 15.0 Å². The quantitative estimate of drug-likeness (QED) is 0.584. The van der Waals surface area contributed by atoms with E-state index in [0.717, 1.165) is 17.8 Å². The monoisotopic (exact) mass is 477 g/mol. The van der Waals surface area contributed by atoms with E-state index in [-0.39, 0.29) is 23.8 Å². The molecule has 1 aromatic heterocycles. The van der Waals surface area contributed by atoms with E-state index in [2.05, 4.69) is 20.4 Å². The maximum absolute atomic E-state index is 12.7. The minimum Gasteiger partial charge on any atom is -0.489 e. The standard InChI is InChI=1S/C25H24ClN5O3/c26-23-4-2-1-3-22(23)25(33)30-12-10-21(16-30)34-20-7-5-18(6-8-20)29-24(32)17-14-31(15-17)19-9-11-27-28-13-19/h1-9,11,13,17,21H,10,12,14-16H2,(H,29,32)/t21-/m1/s1. The second kappa shape index (κ2) is 9.69. The van der Waals surface area contributed by atoms with Crippen molar-refractivity contribution in [3.8, 4) is 5.75 Å². The van der Waals surface area contributed by atoms with Gasteiger partial charge < -0.3 is 19.9 Å². The number of rotatable bonds is 6. The molecule has 1 atom stereocenters. The molecule has 0 radical (unpaired) electrons. The first-order valence-corrected chi connectivity index (χ1v) is 11.6. The SMILES string of the molecule is O=C(Nc1ccc(O[C@@H]2CCN(C(=O)c3ccccc3Cl)C2)cc1)C1CN(c2ccnnc2)C1. The van der Waals surface area contributed by atoms with E-state index in [1.54, 1.807) is 29.4 Å². The lowest BCUT2D eigenvalue weighted by atomic mass is 9.98. The van der Waals surface area contributed by atoms with Gasteiger partial charge in [0.25, 0.3) is 5.91 Å². The van der Waals surface area contributed by atoms with E-state index in [1.807, 2.05) is 42.5 Å². The average Bonchev–Trinajstić information content (AvgIpc) is 3.28. The van der Waals surface area contributed by atoms with E-state index >= 15 is 0 Å². The Kier molecular flexibility index (Phi) is 6.31. The minimum atomic E-state index is -0.0875. The Morgan fingerprint density at radius 3 is 2.53 bits per heavy atom. The predicted octanol–water partition coefficient (Wildman–Crippen LogP) is 3.50. The summed E-state index contributed by atoms with van der Waals surface area (Å²) in [6.45, 7) is 2.44. The number of likely N-dealkylation sites (tertiary alicyclic amines) is 1. The lowest BCUT2D eigenvalue weighted by Gasteiger charge is -2.39. The number of nitrogens with one attached hydrogen (secondary N) is 1. The molecule has 3 aromatic rings. The van der Waals surface area contributed by atoms with E-state index in [0.29, 0.717) is 42.5 Å². The van der Waals surface area contributed by atoms with Crippen LogP contribution in [0.1, 0.15) is 16.8 Å². The number of halogens is 1. The molecule has 5 rings (SSSR count). The van der Waals surface area contributed by atoms with Gasteiger partial charge in [0.2, 0.25) is 5.91 Å². The molecule has 1 N–H and O–H groups in total. The molecule has 2 fully saturated rings. The van der Waals surface area contributed by atoms with Crippen molar-refractivity contribution in [3.63, 3.8) is 0 Å². The Hall–Kier alpha value is -3.65. The number of aromatic nitrogens is 2. The van der Waals surface area contributed by atoms with Crippen molar-refractivity contribution in [1.29, 1.82) is 0 Å². The summed E-state index contributed by atoms with van der Waals surface area (Å²) in [5, 5.41) is 11.1. The molecule has 0 aliphatic carbocycles. The molecule has 2 aromatic carbocycles. The van der Waals surface area contributed by atoms with Gasteiger partial charge in [-0.15, -0.1) is 0 Å². The number of hydrogen-bond donors (Lipinski definition) is 1. The van der Waals surface area contributed by atoms with Gasteiger partial charge >= 0.3 is 0 Å². The van der Waals surface area contributed by atoms with Crippen LogP contribution in [0.2, 0.25) is 5.02 Å². The highest BCUT2D eigenvalue weighted by Crippen LogP contribution is 2.26. The van der Waals surface area contributed by atoms with Gasteiger partial charge in [-0.3, -0.25) is 9.59 Å². The fraction of sp³-hybridized carbons (Fsp3) is 0.280. The smallest absolute Gasteiger partial charge is 0.255 e. The summed E-state index contributed by atoms with van der Waals surface area (Å²) in [6, 6.07) is 16.3. The Bertz CT molecular complexity index is 1170. The lowest BCUT2D eigenvalue weighted by molar-refractivity contribution is -0.120. The van der Waals surface area contributed by atoms with E-state index in [1.165, 1.54) is 0 Å². The van der Waals surface area contributed by atoms with Gasteiger partial charge in [-0.05, 0) is 42.5 Å². The van der Waals surface area contributed by atoms with Crippen LogP contribution >= 0.6 is 11.6 Å². The molecule has 2 amide bonds. The molecule has 0 spiro atoms. The molecule has 2 aliphatic rings. The van der Waals surface area contributed by atoms with Gasteiger partial charge in [-0.25, -0.2) is 0 Å². The summed E-state index contributed by atoms with van der Waals surface area (Å²) in [6.07, 6.45) is 4.00. The van der Waals surface area contributed by atoms with Gasteiger partial charge in [0.05, 0.1) is 41.1 Å². The van der Waals surface area contributed by atoms with Crippen LogP contribution in [-0.4, -0.2) is 59.2 Å². The molecule has 3 heterocycles. The minimum absolute atomic E-state index is 0.00328. The number of anilines is 2. The second-order valence-electron chi connectivity index (χ2n) is 8.48. The zero-order valence-corrected chi connectivity index (χ0v) is 19.2. The largest absolute Gasteiger partial charge is 0.489 e. The van der Waals surface area contributed by atoms with Gasteiger partial charge in [0, 0.05) is 31.7 Å². The molecule has 8 nitrogen and oxygen atoms in total. The number of carbonyl (C=O) groups excluding carboxylic acids is 2. The van der Waals surface area contributed by atoms with Crippen LogP contribution in [0.25, 0.3) is 0 Å². The molecule has 9 heteroatoms. The van der Waals surface area contributed by atoms with Gasteiger partial charge in [-0.1, -0.05) is 23.7 Å². The lowest BCUT2D eigenvalue weighted by Crippen LogP contribution is -2.52. The zero-order valence-electron chi connectivity index (χ0n) is 18.4. The number of amides is 2. The third-order valence-electron chi connectivity index (χ3n) is 6.15.